The fourth-order valence-electron chi connectivity index (χ4n) is 1.37. The highest BCUT2D eigenvalue weighted by molar-refractivity contribution is 6.16. The predicted octanol–water partition coefficient (Wildman–Crippen LogP) is 1.58. The molecule has 0 radical (unpaired) electrons. The van der Waals surface area contributed by atoms with E-state index in [1.807, 2.05) is 0 Å². The summed E-state index contributed by atoms with van der Waals surface area (Å²) in [7, 11) is 0. The molecule has 0 bridgehead atoms. The minimum absolute atomic E-state index is 0.245. The van der Waals surface area contributed by atoms with Crippen LogP contribution in [0, 0.1) is 0 Å². The first-order valence-electron chi connectivity index (χ1n) is 3.83. The largest absolute Gasteiger partial charge is 0.418 e. The Morgan fingerprint density at radius 2 is 2.14 bits per heavy atom. The average Bonchev–Trinajstić information content (AvgIpc) is 2.41. The van der Waals surface area contributed by atoms with E-state index in [1.54, 1.807) is 0 Å². The maximum Gasteiger partial charge on any atom is 0.418 e. The highest BCUT2D eigenvalue weighted by atomic mass is 19.4. The molecule has 1 heterocycles. The lowest BCUT2D eigenvalue weighted by Gasteiger charge is -2.17. The van der Waals surface area contributed by atoms with Gasteiger partial charge < -0.3 is 5.32 Å². The predicted molar refractivity (Wildman–Crippen MR) is 43.0 cm³/mol. The van der Waals surface area contributed by atoms with Crippen molar-refractivity contribution in [3.63, 3.8) is 0 Å². The van der Waals surface area contributed by atoms with Crippen molar-refractivity contribution in [3.05, 3.63) is 23.8 Å². The van der Waals surface area contributed by atoms with Crippen LogP contribution < -0.4 is 5.32 Å². The number of carbonyl (C=O) groups excluding carboxylic acids is 1. The zero-order valence-electron chi connectivity index (χ0n) is 6.80. The lowest BCUT2D eigenvalue weighted by Crippen LogP contribution is -2.35. The number of urea groups is 1. The van der Waals surface area contributed by atoms with Crippen molar-refractivity contribution in [2.24, 2.45) is 4.99 Å². The van der Waals surface area contributed by atoms with Gasteiger partial charge in [-0.15, -0.1) is 0 Å². The maximum absolute atomic E-state index is 12.4. The van der Waals surface area contributed by atoms with E-state index in [4.69, 9.17) is 0 Å². The molecule has 1 aliphatic carbocycles. The number of allylic oxidation sites excluding steroid dienone is 2. The summed E-state index contributed by atoms with van der Waals surface area (Å²) in [6.07, 6.45) is -0.832. The number of halogens is 3. The van der Waals surface area contributed by atoms with Crippen molar-refractivity contribution >= 4 is 11.7 Å². The number of rotatable bonds is 0. The van der Waals surface area contributed by atoms with Crippen molar-refractivity contribution in [1.29, 1.82) is 0 Å². The van der Waals surface area contributed by atoms with Gasteiger partial charge >= 0.3 is 12.2 Å². The molecule has 0 saturated heterocycles. The minimum Gasteiger partial charge on any atom is -0.324 e. The molecular weight excluding hydrogens is 197 g/mol. The maximum atomic E-state index is 12.4. The van der Waals surface area contributed by atoms with E-state index in [-0.39, 0.29) is 5.71 Å². The van der Waals surface area contributed by atoms with Crippen LogP contribution in [0.4, 0.5) is 18.0 Å². The van der Waals surface area contributed by atoms with Crippen LogP contribution in [0.1, 0.15) is 0 Å². The Morgan fingerprint density at radius 1 is 1.43 bits per heavy atom. The summed E-state index contributed by atoms with van der Waals surface area (Å²) in [4.78, 5) is 14.0. The average molecular weight is 202 g/mol. The van der Waals surface area contributed by atoms with Gasteiger partial charge in [-0.05, 0) is 6.08 Å². The summed E-state index contributed by atoms with van der Waals surface area (Å²) in [6.45, 7) is 0. The van der Waals surface area contributed by atoms with Gasteiger partial charge in [0.2, 0.25) is 0 Å². The lowest BCUT2D eigenvalue weighted by atomic mass is 9.98. The second kappa shape index (κ2) is 2.70. The van der Waals surface area contributed by atoms with E-state index in [1.165, 1.54) is 12.2 Å². The highest BCUT2D eigenvalue weighted by Crippen LogP contribution is 2.31. The van der Waals surface area contributed by atoms with Gasteiger partial charge in [0.25, 0.3) is 0 Å². The molecule has 1 aliphatic heterocycles. The molecule has 6 heteroatoms. The topological polar surface area (TPSA) is 41.5 Å². The van der Waals surface area contributed by atoms with Crippen LogP contribution in [-0.4, -0.2) is 24.0 Å². The molecule has 0 spiro atoms. The van der Waals surface area contributed by atoms with Gasteiger partial charge in [0.05, 0.1) is 17.3 Å². The summed E-state index contributed by atoms with van der Waals surface area (Å²) in [5, 5.41) is 2.29. The second-order valence-corrected chi connectivity index (χ2v) is 2.89. The van der Waals surface area contributed by atoms with Crippen molar-refractivity contribution < 1.29 is 18.0 Å². The van der Waals surface area contributed by atoms with E-state index < -0.39 is 23.8 Å². The number of nitrogens with zero attached hydrogens (tertiary/aromatic N) is 1. The fourth-order valence-corrected chi connectivity index (χ4v) is 1.37. The van der Waals surface area contributed by atoms with E-state index in [0.29, 0.717) is 0 Å². The summed E-state index contributed by atoms with van der Waals surface area (Å²) in [5.74, 6) is 0. The standard InChI is InChI=1S/C8H5F3N2O/c9-8(10,11)4-2-1-3-5-6(4)13-7(14)12-5/h1-3,5H,(H,12,14). The molecule has 1 atom stereocenters. The Morgan fingerprint density at radius 3 is 2.79 bits per heavy atom. The van der Waals surface area contributed by atoms with E-state index in [9.17, 15) is 18.0 Å². The van der Waals surface area contributed by atoms with Crippen LogP contribution in [0.5, 0.6) is 0 Å². The Labute approximate surface area is 77.0 Å². The lowest BCUT2D eigenvalue weighted by molar-refractivity contribution is -0.0862. The quantitative estimate of drug-likeness (QED) is 0.636. The molecule has 2 amide bonds. The van der Waals surface area contributed by atoms with E-state index in [2.05, 4.69) is 10.3 Å². The van der Waals surface area contributed by atoms with Crippen LogP contribution in [0.2, 0.25) is 0 Å². The van der Waals surface area contributed by atoms with Crippen LogP contribution >= 0.6 is 0 Å². The van der Waals surface area contributed by atoms with Crippen molar-refractivity contribution in [2.75, 3.05) is 0 Å². The third kappa shape index (κ3) is 1.32. The Kier molecular flexibility index (Phi) is 1.73. The first kappa shape index (κ1) is 8.98. The van der Waals surface area contributed by atoms with Gasteiger partial charge in [-0.2, -0.15) is 18.2 Å². The smallest absolute Gasteiger partial charge is 0.324 e. The van der Waals surface area contributed by atoms with Crippen LogP contribution in [-0.2, 0) is 0 Å². The molecule has 0 saturated carbocycles. The van der Waals surface area contributed by atoms with Gasteiger partial charge in [0, 0.05) is 0 Å². The summed E-state index contributed by atoms with van der Waals surface area (Å²) in [5.41, 5.74) is -1.10. The number of amides is 2. The molecule has 0 aromatic heterocycles. The number of alkyl halides is 3. The molecule has 2 aliphatic rings. The van der Waals surface area contributed by atoms with Crippen LogP contribution in [0.15, 0.2) is 28.8 Å². The number of hydrogen-bond acceptors (Lipinski definition) is 1. The first-order chi connectivity index (χ1) is 6.48. The molecule has 0 aromatic carbocycles. The van der Waals surface area contributed by atoms with Crippen LogP contribution in [0.3, 0.4) is 0 Å². The molecule has 1 N–H and O–H groups in total. The summed E-state index contributed by atoms with van der Waals surface area (Å²) in [6, 6.07) is -1.46. The van der Waals surface area contributed by atoms with Crippen molar-refractivity contribution in [2.45, 2.75) is 12.2 Å². The fraction of sp³-hybridized carbons (Fsp3) is 0.250. The van der Waals surface area contributed by atoms with Gasteiger partial charge in [-0.3, -0.25) is 0 Å². The Bertz CT molecular complexity index is 379. The van der Waals surface area contributed by atoms with Gasteiger partial charge in [0.1, 0.15) is 0 Å². The monoisotopic (exact) mass is 202 g/mol. The summed E-state index contributed by atoms with van der Waals surface area (Å²) < 4.78 is 37.2. The van der Waals surface area contributed by atoms with Crippen molar-refractivity contribution in [3.8, 4) is 0 Å². The van der Waals surface area contributed by atoms with E-state index in [0.717, 1.165) is 6.08 Å². The van der Waals surface area contributed by atoms with Gasteiger partial charge in [0.15, 0.2) is 0 Å². The molecular formula is C8H5F3N2O. The first-order valence-corrected chi connectivity index (χ1v) is 3.83. The molecule has 0 fully saturated rings. The molecule has 2 rings (SSSR count). The molecule has 74 valence electrons. The Balaban J connectivity index is 2.43. The number of hydrogen-bond donors (Lipinski definition) is 1. The van der Waals surface area contributed by atoms with E-state index >= 15 is 0 Å². The molecule has 14 heavy (non-hydrogen) atoms. The number of carbonyl (C=O) groups is 1. The van der Waals surface area contributed by atoms with Crippen molar-refractivity contribution in [1.82, 2.24) is 5.32 Å². The van der Waals surface area contributed by atoms with Gasteiger partial charge in [-0.25, -0.2) is 4.79 Å². The third-order valence-electron chi connectivity index (χ3n) is 1.94. The highest BCUT2D eigenvalue weighted by Gasteiger charge is 2.42. The number of nitrogens with one attached hydrogen (secondary N) is 1. The minimum atomic E-state index is -4.46. The third-order valence-corrected chi connectivity index (χ3v) is 1.94. The molecule has 1 unspecified atom stereocenters. The zero-order valence-corrected chi connectivity index (χ0v) is 6.80. The van der Waals surface area contributed by atoms with Crippen LogP contribution in [0.25, 0.3) is 0 Å². The SMILES string of the molecule is O=C1N=C2C(C(F)(F)F)=CC=CC2N1. The normalized spacial score (nSPS) is 25.4. The zero-order chi connectivity index (χ0) is 10.3. The summed E-state index contributed by atoms with van der Waals surface area (Å²) >= 11 is 0. The molecule has 0 aromatic rings. The number of aliphatic imine (C=N–C) groups is 1. The Hall–Kier alpha value is -1.59. The second-order valence-electron chi connectivity index (χ2n) is 2.89. The number of fused-ring (bicyclic) bond motifs is 1. The van der Waals surface area contributed by atoms with Gasteiger partial charge in [-0.1, -0.05) is 12.2 Å². The molecule has 3 nitrogen and oxygen atoms in total.